The summed E-state index contributed by atoms with van der Waals surface area (Å²) < 4.78 is 4.53. The molecule has 3 nitrogen and oxygen atoms in total. The number of methoxy groups -OCH3 is 1. The van der Waals surface area contributed by atoms with Gasteiger partial charge in [-0.25, -0.2) is 0 Å². The van der Waals surface area contributed by atoms with E-state index in [1.807, 2.05) is 0 Å². The summed E-state index contributed by atoms with van der Waals surface area (Å²) in [5.74, 6) is 0.787. The molecule has 0 aliphatic heterocycles. The first kappa shape index (κ1) is 11.9. The Hall–Kier alpha value is -0.220. The molecule has 0 heterocycles. The van der Waals surface area contributed by atoms with Crippen LogP contribution < -0.4 is 0 Å². The molecule has 0 atom stereocenters. The van der Waals surface area contributed by atoms with E-state index in [1.165, 1.54) is 25.3 Å². The predicted molar refractivity (Wildman–Crippen MR) is 57.4 cm³/mol. The van der Waals surface area contributed by atoms with Crippen LogP contribution in [0.4, 0.5) is 0 Å². The van der Waals surface area contributed by atoms with Crippen LogP contribution in [0.1, 0.15) is 32.1 Å². The standard InChI is InChI=1S/C10H18O3S/c1-13-9(11)7-14-8-10(12)5-3-2-4-6-10/h12H,2-8H2,1H3. The molecule has 1 aliphatic rings. The SMILES string of the molecule is COC(=O)CSCC1(O)CCCCC1. The molecule has 0 radical (unpaired) electrons. The van der Waals surface area contributed by atoms with Gasteiger partial charge in [0.05, 0.1) is 18.5 Å². The van der Waals surface area contributed by atoms with Crippen molar-refractivity contribution in [3.8, 4) is 0 Å². The monoisotopic (exact) mass is 218 g/mol. The van der Waals surface area contributed by atoms with Crippen molar-refractivity contribution in [3.05, 3.63) is 0 Å². The van der Waals surface area contributed by atoms with Gasteiger partial charge in [0.25, 0.3) is 0 Å². The Morgan fingerprint density at radius 3 is 2.64 bits per heavy atom. The number of rotatable bonds is 4. The molecule has 1 N–H and O–H groups in total. The van der Waals surface area contributed by atoms with Crippen molar-refractivity contribution in [3.63, 3.8) is 0 Å². The fraction of sp³-hybridized carbons (Fsp3) is 0.900. The predicted octanol–water partition coefficient (Wildman–Crippen LogP) is 1.59. The third-order valence-corrected chi connectivity index (χ3v) is 3.78. The molecule has 1 rings (SSSR count). The quantitative estimate of drug-likeness (QED) is 0.728. The van der Waals surface area contributed by atoms with Gasteiger partial charge in [0.1, 0.15) is 0 Å². The fourth-order valence-electron chi connectivity index (χ4n) is 1.74. The van der Waals surface area contributed by atoms with Crippen LogP contribution in [0.15, 0.2) is 0 Å². The van der Waals surface area contributed by atoms with Crippen LogP contribution in [0.3, 0.4) is 0 Å². The lowest BCUT2D eigenvalue weighted by Crippen LogP contribution is -2.34. The van der Waals surface area contributed by atoms with Crippen molar-refractivity contribution < 1.29 is 14.6 Å². The lowest BCUT2D eigenvalue weighted by Gasteiger charge is -2.31. The lowest BCUT2D eigenvalue weighted by molar-refractivity contribution is -0.137. The Morgan fingerprint density at radius 1 is 1.43 bits per heavy atom. The summed E-state index contributed by atoms with van der Waals surface area (Å²) in [6.07, 6.45) is 5.19. The van der Waals surface area contributed by atoms with Crippen molar-refractivity contribution in [2.75, 3.05) is 18.6 Å². The molecule has 1 fully saturated rings. The molecule has 14 heavy (non-hydrogen) atoms. The van der Waals surface area contributed by atoms with E-state index in [9.17, 15) is 9.90 Å². The van der Waals surface area contributed by atoms with E-state index in [-0.39, 0.29) is 5.97 Å². The van der Waals surface area contributed by atoms with E-state index in [4.69, 9.17) is 0 Å². The second-order valence-electron chi connectivity index (χ2n) is 3.85. The number of carbonyl (C=O) groups is 1. The topological polar surface area (TPSA) is 46.5 Å². The maximum absolute atomic E-state index is 10.8. The first-order valence-corrected chi connectivity index (χ1v) is 6.19. The first-order valence-electron chi connectivity index (χ1n) is 5.03. The molecule has 0 saturated heterocycles. The summed E-state index contributed by atoms with van der Waals surface area (Å²) in [5, 5.41) is 10.1. The van der Waals surface area contributed by atoms with E-state index in [2.05, 4.69) is 4.74 Å². The van der Waals surface area contributed by atoms with Gasteiger partial charge in [-0.05, 0) is 12.8 Å². The normalized spacial score (nSPS) is 20.4. The summed E-state index contributed by atoms with van der Waals surface area (Å²) in [4.78, 5) is 10.8. The molecule has 1 aliphatic carbocycles. The number of thioether (sulfide) groups is 1. The number of esters is 1. The highest BCUT2D eigenvalue weighted by atomic mass is 32.2. The van der Waals surface area contributed by atoms with Crippen molar-refractivity contribution in [1.29, 1.82) is 0 Å². The first-order chi connectivity index (χ1) is 6.66. The number of carbonyl (C=O) groups excluding carboxylic acids is 1. The second-order valence-corrected chi connectivity index (χ2v) is 4.84. The zero-order valence-electron chi connectivity index (χ0n) is 8.62. The molecule has 0 bridgehead atoms. The summed E-state index contributed by atoms with van der Waals surface area (Å²) in [6, 6.07) is 0. The van der Waals surface area contributed by atoms with Crippen LogP contribution in [0.2, 0.25) is 0 Å². The molecule has 0 spiro atoms. The summed E-state index contributed by atoms with van der Waals surface area (Å²) in [7, 11) is 1.39. The summed E-state index contributed by atoms with van der Waals surface area (Å²) in [6.45, 7) is 0. The highest BCUT2D eigenvalue weighted by Crippen LogP contribution is 2.30. The molecule has 0 unspecified atom stereocenters. The average Bonchev–Trinajstić information content (AvgIpc) is 2.18. The van der Waals surface area contributed by atoms with Crippen molar-refractivity contribution in [1.82, 2.24) is 0 Å². The fourth-order valence-corrected chi connectivity index (χ4v) is 2.79. The van der Waals surface area contributed by atoms with E-state index >= 15 is 0 Å². The molecule has 0 aromatic heterocycles. The van der Waals surface area contributed by atoms with Gasteiger partial charge in [0.15, 0.2) is 0 Å². The van der Waals surface area contributed by atoms with Crippen LogP contribution in [0.25, 0.3) is 0 Å². The van der Waals surface area contributed by atoms with Crippen LogP contribution in [-0.4, -0.2) is 35.3 Å². The van der Waals surface area contributed by atoms with Crippen LogP contribution in [-0.2, 0) is 9.53 Å². The minimum Gasteiger partial charge on any atom is -0.468 e. The Balaban J connectivity index is 2.18. The Bertz CT molecular complexity index is 188. The summed E-state index contributed by atoms with van der Waals surface area (Å²) in [5.41, 5.74) is -0.531. The number of ether oxygens (including phenoxy) is 1. The maximum atomic E-state index is 10.8. The highest BCUT2D eigenvalue weighted by molar-refractivity contribution is 8.00. The zero-order chi connectivity index (χ0) is 10.4. The Labute approximate surface area is 89.2 Å². The highest BCUT2D eigenvalue weighted by Gasteiger charge is 2.28. The van der Waals surface area contributed by atoms with Crippen LogP contribution in [0, 0.1) is 0 Å². The lowest BCUT2D eigenvalue weighted by atomic mass is 9.86. The number of hydrogen-bond acceptors (Lipinski definition) is 4. The zero-order valence-corrected chi connectivity index (χ0v) is 9.44. The van der Waals surface area contributed by atoms with E-state index in [0.29, 0.717) is 11.5 Å². The van der Waals surface area contributed by atoms with E-state index in [1.54, 1.807) is 0 Å². The number of hydrogen-bond donors (Lipinski definition) is 1. The van der Waals surface area contributed by atoms with Gasteiger partial charge < -0.3 is 9.84 Å². The van der Waals surface area contributed by atoms with Gasteiger partial charge in [-0.2, -0.15) is 0 Å². The molecule has 4 heteroatoms. The van der Waals surface area contributed by atoms with Gasteiger partial charge in [0.2, 0.25) is 0 Å². The van der Waals surface area contributed by atoms with Crippen LogP contribution in [0.5, 0.6) is 0 Å². The minimum absolute atomic E-state index is 0.214. The smallest absolute Gasteiger partial charge is 0.315 e. The Morgan fingerprint density at radius 2 is 2.07 bits per heavy atom. The second kappa shape index (κ2) is 5.61. The Kier molecular flexibility index (Phi) is 4.75. The van der Waals surface area contributed by atoms with Crippen molar-refractivity contribution in [2.45, 2.75) is 37.7 Å². The largest absolute Gasteiger partial charge is 0.468 e. The molecule has 82 valence electrons. The molecular weight excluding hydrogens is 200 g/mol. The minimum atomic E-state index is -0.531. The third-order valence-electron chi connectivity index (χ3n) is 2.60. The van der Waals surface area contributed by atoms with Crippen molar-refractivity contribution >= 4 is 17.7 Å². The summed E-state index contributed by atoms with van der Waals surface area (Å²) >= 11 is 1.47. The van der Waals surface area contributed by atoms with E-state index < -0.39 is 5.60 Å². The molecule has 0 aromatic rings. The third kappa shape index (κ3) is 3.88. The molecule has 0 aromatic carbocycles. The van der Waals surface area contributed by atoms with Gasteiger partial charge in [-0.3, -0.25) is 4.79 Å². The molecule has 1 saturated carbocycles. The van der Waals surface area contributed by atoms with Gasteiger partial charge >= 0.3 is 5.97 Å². The molecule has 0 amide bonds. The van der Waals surface area contributed by atoms with Gasteiger partial charge in [-0.15, -0.1) is 11.8 Å². The van der Waals surface area contributed by atoms with E-state index in [0.717, 1.165) is 25.7 Å². The average molecular weight is 218 g/mol. The number of aliphatic hydroxyl groups is 1. The van der Waals surface area contributed by atoms with Crippen LogP contribution >= 0.6 is 11.8 Å². The maximum Gasteiger partial charge on any atom is 0.315 e. The van der Waals surface area contributed by atoms with Gasteiger partial charge in [-0.1, -0.05) is 19.3 Å². The van der Waals surface area contributed by atoms with Crippen molar-refractivity contribution in [2.24, 2.45) is 0 Å². The molecular formula is C10H18O3S. The van der Waals surface area contributed by atoms with Gasteiger partial charge in [0, 0.05) is 5.75 Å².